The molecule has 3 aromatic rings. The molecule has 2 heterocycles. The van der Waals surface area contributed by atoms with Gasteiger partial charge in [-0.05, 0) is 30.2 Å². The second-order valence-corrected chi connectivity index (χ2v) is 7.85. The molecule has 4 nitrogen and oxygen atoms in total. The molecule has 0 unspecified atom stereocenters. The number of aryl methyl sites for hydroxylation is 1. The Kier molecular flexibility index (Phi) is 5.82. The van der Waals surface area contributed by atoms with E-state index in [-0.39, 0.29) is 6.04 Å². The van der Waals surface area contributed by atoms with Crippen LogP contribution in [-0.2, 0) is 13.5 Å². The number of hydrogen-bond acceptors (Lipinski definition) is 4. The summed E-state index contributed by atoms with van der Waals surface area (Å²) in [5.41, 5.74) is 7.99. The van der Waals surface area contributed by atoms with Crippen LogP contribution in [0.25, 0.3) is 11.3 Å². The molecule has 0 fully saturated rings. The lowest BCUT2D eigenvalue weighted by molar-refractivity contribution is 0.506. The highest BCUT2D eigenvalue weighted by molar-refractivity contribution is 7.20. The molecule has 26 heavy (non-hydrogen) atoms. The molecule has 0 aliphatic carbocycles. The van der Waals surface area contributed by atoms with Crippen molar-refractivity contribution in [1.82, 2.24) is 9.78 Å². The zero-order valence-corrected chi connectivity index (χ0v) is 16.1. The van der Waals surface area contributed by atoms with Gasteiger partial charge >= 0.3 is 0 Å². The molecular formula is C17H16Cl2F2N4S. The lowest BCUT2D eigenvalue weighted by Crippen LogP contribution is -2.30. The number of rotatable bonds is 6. The van der Waals surface area contributed by atoms with Crippen LogP contribution in [0.2, 0.25) is 9.36 Å². The molecule has 1 atom stereocenters. The number of nitrogens with one attached hydrogen (secondary N) is 1. The van der Waals surface area contributed by atoms with Gasteiger partial charge in [-0.1, -0.05) is 29.3 Å². The number of halogens is 4. The molecule has 0 aliphatic heterocycles. The average molecular weight is 417 g/mol. The van der Waals surface area contributed by atoms with Crippen molar-refractivity contribution in [3.63, 3.8) is 0 Å². The van der Waals surface area contributed by atoms with Gasteiger partial charge in [0.25, 0.3) is 0 Å². The second kappa shape index (κ2) is 7.92. The Morgan fingerprint density at radius 1 is 1.27 bits per heavy atom. The molecule has 3 N–H and O–H groups in total. The molecule has 0 spiro atoms. The van der Waals surface area contributed by atoms with Gasteiger partial charge < -0.3 is 11.1 Å². The number of nitrogens with zero attached hydrogens (tertiary/aromatic N) is 2. The van der Waals surface area contributed by atoms with Crippen LogP contribution in [0.3, 0.4) is 0 Å². The number of hydrogen-bond donors (Lipinski definition) is 2. The van der Waals surface area contributed by atoms with Crippen molar-refractivity contribution in [3.05, 3.63) is 57.0 Å². The number of anilines is 1. The summed E-state index contributed by atoms with van der Waals surface area (Å²) in [6.45, 7) is 0.316. The van der Waals surface area contributed by atoms with Crippen LogP contribution in [0.5, 0.6) is 0 Å². The van der Waals surface area contributed by atoms with E-state index in [4.69, 9.17) is 28.9 Å². The van der Waals surface area contributed by atoms with E-state index in [0.717, 1.165) is 22.3 Å². The molecule has 2 aromatic heterocycles. The Bertz CT molecular complexity index is 906. The van der Waals surface area contributed by atoms with Gasteiger partial charge in [0.2, 0.25) is 0 Å². The first-order valence-electron chi connectivity index (χ1n) is 7.76. The zero-order valence-electron chi connectivity index (χ0n) is 13.8. The molecule has 0 saturated heterocycles. The van der Waals surface area contributed by atoms with E-state index >= 15 is 0 Å². The molecular weight excluding hydrogens is 401 g/mol. The molecule has 0 bridgehead atoms. The summed E-state index contributed by atoms with van der Waals surface area (Å²) in [5.74, 6) is -1.74. The largest absolute Gasteiger partial charge is 0.373 e. The summed E-state index contributed by atoms with van der Waals surface area (Å²) in [5, 5.41) is 8.72. The third-order valence-corrected chi connectivity index (χ3v) is 5.50. The van der Waals surface area contributed by atoms with Crippen molar-refractivity contribution >= 4 is 39.5 Å². The maximum absolute atomic E-state index is 13.4. The fourth-order valence-corrected chi connectivity index (χ4v) is 4.18. The van der Waals surface area contributed by atoms with Crippen molar-refractivity contribution in [2.45, 2.75) is 12.5 Å². The fraction of sp³-hybridized carbons (Fsp3) is 0.235. The molecule has 0 amide bonds. The quantitative estimate of drug-likeness (QED) is 0.611. The Hall–Kier alpha value is -1.67. The van der Waals surface area contributed by atoms with Gasteiger partial charge in [-0.2, -0.15) is 5.10 Å². The van der Waals surface area contributed by atoms with E-state index in [1.807, 2.05) is 6.07 Å². The highest BCUT2D eigenvalue weighted by Gasteiger charge is 2.18. The maximum Gasteiger partial charge on any atom is 0.159 e. The second-order valence-electron chi connectivity index (χ2n) is 5.79. The van der Waals surface area contributed by atoms with Gasteiger partial charge in [-0.25, -0.2) is 8.78 Å². The van der Waals surface area contributed by atoms with Crippen molar-refractivity contribution < 1.29 is 8.78 Å². The van der Waals surface area contributed by atoms with E-state index in [9.17, 15) is 8.78 Å². The lowest BCUT2D eigenvalue weighted by atomic mass is 10.1. The number of benzene rings is 1. The zero-order chi connectivity index (χ0) is 18.8. The minimum atomic E-state index is -0.870. The van der Waals surface area contributed by atoms with Crippen LogP contribution < -0.4 is 11.1 Å². The smallest absolute Gasteiger partial charge is 0.159 e. The Labute approximate surface area is 163 Å². The molecule has 1 aromatic carbocycles. The maximum atomic E-state index is 13.4. The molecule has 0 radical (unpaired) electrons. The van der Waals surface area contributed by atoms with Gasteiger partial charge in [0.1, 0.15) is 4.34 Å². The summed E-state index contributed by atoms with van der Waals surface area (Å²) in [6, 6.07) is 5.56. The highest BCUT2D eigenvalue weighted by Crippen LogP contribution is 2.41. The van der Waals surface area contributed by atoms with E-state index in [1.165, 1.54) is 17.4 Å². The van der Waals surface area contributed by atoms with Gasteiger partial charge in [-0.3, -0.25) is 4.68 Å². The van der Waals surface area contributed by atoms with E-state index in [2.05, 4.69) is 10.4 Å². The molecule has 138 valence electrons. The monoisotopic (exact) mass is 416 g/mol. The summed E-state index contributed by atoms with van der Waals surface area (Å²) in [7, 11) is 1.79. The van der Waals surface area contributed by atoms with E-state index in [0.29, 0.717) is 27.9 Å². The van der Waals surface area contributed by atoms with Gasteiger partial charge in [0, 0.05) is 25.2 Å². The third kappa shape index (κ3) is 4.01. The molecule has 3 rings (SSSR count). The summed E-state index contributed by atoms with van der Waals surface area (Å²) >= 11 is 13.9. The fourth-order valence-electron chi connectivity index (χ4n) is 2.66. The third-order valence-electron chi connectivity index (χ3n) is 3.93. The van der Waals surface area contributed by atoms with E-state index in [1.54, 1.807) is 24.0 Å². The van der Waals surface area contributed by atoms with Crippen molar-refractivity contribution in [2.75, 3.05) is 11.9 Å². The van der Waals surface area contributed by atoms with Crippen LogP contribution >= 0.6 is 34.5 Å². The van der Waals surface area contributed by atoms with Crippen molar-refractivity contribution in [3.8, 4) is 11.3 Å². The minimum Gasteiger partial charge on any atom is -0.373 e. The SMILES string of the molecule is Cn1ncc(Cl)c1-c1cc(N[C@H](CN)Cc2ccc(F)c(F)c2)sc1Cl. The van der Waals surface area contributed by atoms with Crippen LogP contribution in [0.15, 0.2) is 30.5 Å². The summed E-state index contributed by atoms with van der Waals surface area (Å²) in [4.78, 5) is 0. The lowest BCUT2D eigenvalue weighted by Gasteiger charge is -2.17. The topological polar surface area (TPSA) is 55.9 Å². The van der Waals surface area contributed by atoms with Crippen LogP contribution in [0, 0.1) is 11.6 Å². The van der Waals surface area contributed by atoms with Crippen LogP contribution in [0.1, 0.15) is 5.56 Å². The van der Waals surface area contributed by atoms with Crippen LogP contribution in [-0.4, -0.2) is 22.4 Å². The van der Waals surface area contributed by atoms with Gasteiger partial charge in [0.15, 0.2) is 11.6 Å². The van der Waals surface area contributed by atoms with Crippen LogP contribution in [0.4, 0.5) is 13.8 Å². The predicted octanol–water partition coefficient (Wildman–Crippen LogP) is 4.72. The first kappa shape index (κ1) is 19.1. The first-order valence-corrected chi connectivity index (χ1v) is 9.34. The van der Waals surface area contributed by atoms with E-state index < -0.39 is 11.6 Å². The Balaban J connectivity index is 1.79. The van der Waals surface area contributed by atoms with Crippen molar-refractivity contribution in [2.24, 2.45) is 12.8 Å². The molecule has 0 aliphatic rings. The van der Waals surface area contributed by atoms with Gasteiger partial charge in [0.05, 0.1) is 21.9 Å². The predicted molar refractivity (Wildman–Crippen MR) is 103 cm³/mol. The number of nitrogens with two attached hydrogens (primary N) is 1. The Morgan fingerprint density at radius 2 is 2.04 bits per heavy atom. The van der Waals surface area contributed by atoms with Crippen molar-refractivity contribution in [1.29, 1.82) is 0 Å². The standard InChI is InChI=1S/C17H16Cl2F2N4S/c1-25-16(12(18)8-23-25)11-6-15(26-17(11)19)24-10(7-22)4-9-2-3-13(20)14(21)5-9/h2-3,5-6,8,10,24H,4,7,22H2,1H3/t10-/m0/s1. The summed E-state index contributed by atoms with van der Waals surface area (Å²) in [6.07, 6.45) is 2.01. The molecule has 9 heteroatoms. The highest BCUT2D eigenvalue weighted by atomic mass is 35.5. The Morgan fingerprint density at radius 3 is 2.65 bits per heavy atom. The minimum absolute atomic E-state index is 0.163. The van der Waals surface area contributed by atoms with Gasteiger partial charge in [-0.15, -0.1) is 11.3 Å². The summed E-state index contributed by atoms with van der Waals surface area (Å²) < 4.78 is 28.7. The first-order chi connectivity index (χ1) is 12.4. The number of aromatic nitrogens is 2. The number of thiophene rings is 1. The average Bonchev–Trinajstić information content (AvgIpc) is 3.11. The normalized spacial score (nSPS) is 12.4. The molecule has 0 saturated carbocycles.